The number of amides is 2. The molecule has 66 heavy (non-hydrogen) atoms. The second kappa shape index (κ2) is 18.7. The van der Waals surface area contributed by atoms with Gasteiger partial charge in [0.15, 0.2) is 0 Å². The van der Waals surface area contributed by atoms with Gasteiger partial charge >= 0.3 is 12.4 Å². The van der Waals surface area contributed by atoms with E-state index in [1.807, 2.05) is 0 Å². The van der Waals surface area contributed by atoms with Crippen LogP contribution in [0.15, 0.2) is 158 Å². The third-order valence-electron chi connectivity index (χ3n) is 10.6. The summed E-state index contributed by atoms with van der Waals surface area (Å²) in [7, 11) is 0. The zero-order chi connectivity index (χ0) is 46.6. The summed E-state index contributed by atoms with van der Waals surface area (Å²) in [5.74, 6) is -0.126. The fraction of sp³-hybridized carbons (Fsp3) is 0.120. The second-order valence-electron chi connectivity index (χ2n) is 15.0. The van der Waals surface area contributed by atoms with E-state index in [1.54, 1.807) is 103 Å². The number of nitrogens with one attached hydrogen (secondary N) is 2. The van der Waals surface area contributed by atoms with E-state index in [0.29, 0.717) is 49.8 Å². The smallest absolute Gasteiger partial charge is 0.416 e. The molecule has 6 aromatic carbocycles. The van der Waals surface area contributed by atoms with Gasteiger partial charge in [-0.2, -0.15) is 26.3 Å². The number of alkyl halides is 6. The van der Waals surface area contributed by atoms with Crippen molar-refractivity contribution in [3.05, 3.63) is 192 Å². The molecule has 2 amide bonds. The number of halogens is 6. The Kier molecular flexibility index (Phi) is 12.7. The molecule has 0 bridgehead atoms. The molecule has 0 aliphatic rings. The van der Waals surface area contributed by atoms with Crippen molar-refractivity contribution in [2.75, 3.05) is 13.2 Å². The Balaban J connectivity index is 1.03. The summed E-state index contributed by atoms with van der Waals surface area (Å²) in [5, 5.41) is 28.2. The fourth-order valence-electron chi connectivity index (χ4n) is 7.19. The molecule has 8 rings (SSSR count). The first-order valence-corrected chi connectivity index (χ1v) is 20.2. The number of hydrogen-bond acceptors (Lipinski definition) is 8. The Hall–Kier alpha value is -7.82. The second-order valence-corrected chi connectivity index (χ2v) is 15.0. The highest BCUT2D eigenvalue weighted by Gasteiger charge is 2.31. The van der Waals surface area contributed by atoms with Crippen molar-refractivity contribution >= 4 is 33.4 Å². The molecule has 0 unspecified atom stereocenters. The summed E-state index contributed by atoms with van der Waals surface area (Å²) in [6.07, 6.45) is -6.02. The molecular weight excluding hydrogens is 867 g/mol. The molecule has 0 fully saturated rings. The maximum Gasteiger partial charge on any atom is 0.416 e. The van der Waals surface area contributed by atoms with Crippen molar-refractivity contribution in [2.45, 2.75) is 24.4 Å². The van der Waals surface area contributed by atoms with Gasteiger partial charge < -0.3 is 30.3 Å². The first-order chi connectivity index (χ1) is 31.7. The number of aliphatic hydroxyl groups excluding tert-OH is 2. The number of pyridine rings is 2. The lowest BCUT2D eigenvalue weighted by atomic mass is 9.98. The van der Waals surface area contributed by atoms with Gasteiger partial charge in [0.2, 0.25) is 0 Å². The van der Waals surface area contributed by atoms with Crippen LogP contribution in [-0.4, -0.2) is 45.2 Å². The third-order valence-corrected chi connectivity index (χ3v) is 10.6. The van der Waals surface area contributed by atoms with Crippen molar-refractivity contribution < 1.29 is 55.6 Å². The fourth-order valence-corrected chi connectivity index (χ4v) is 7.19. The van der Waals surface area contributed by atoms with Gasteiger partial charge in [0.25, 0.3) is 11.8 Å². The summed E-state index contributed by atoms with van der Waals surface area (Å²) in [4.78, 5) is 35.7. The van der Waals surface area contributed by atoms with E-state index in [9.17, 15) is 46.1 Å². The zero-order valence-electron chi connectivity index (χ0n) is 34.3. The number of benzene rings is 6. The lowest BCUT2D eigenvalue weighted by Gasteiger charge is -2.19. The van der Waals surface area contributed by atoms with Crippen LogP contribution in [0.3, 0.4) is 0 Å². The van der Waals surface area contributed by atoms with E-state index in [4.69, 9.17) is 9.47 Å². The number of rotatable bonds is 13. The van der Waals surface area contributed by atoms with Gasteiger partial charge in [-0.25, -0.2) is 0 Å². The highest BCUT2D eigenvalue weighted by atomic mass is 19.4. The molecular formula is C50H36F6N4O6. The van der Waals surface area contributed by atoms with Crippen LogP contribution in [0.5, 0.6) is 23.0 Å². The van der Waals surface area contributed by atoms with Gasteiger partial charge in [-0.3, -0.25) is 19.6 Å². The van der Waals surface area contributed by atoms with E-state index in [0.717, 1.165) is 24.3 Å². The van der Waals surface area contributed by atoms with Gasteiger partial charge in [-0.1, -0.05) is 30.3 Å². The molecule has 10 nitrogen and oxygen atoms in total. The Morgan fingerprint density at radius 3 is 1.65 bits per heavy atom. The molecule has 0 aliphatic carbocycles. The van der Waals surface area contributed by atoms with Crippen molar-refractivity contribution in [3.63, 3.8) is 0 Å². The SMILES string of the molecule is O=C(N[C@@H](CO)c1ccccn1)c1ccc2c(Oc3ccc(C(F)(F)F)cc3)c(-c3ccc([C@@H](CO)NC(=O)c4ccc5c(Oc6ccc(C(F)(F)F)cc6)cccc5c4)nc3)ccc2c1. The minimum atomic E-state index is -4.57. The van der Waals surface area contributed by atoms with E-state index in [-0.39, 0.29) is 28.4 Å². The number of hydrogen-bond donors (Lipinski definition) is 4. The van der Waals surface area contributed by atoms with Crippen molar-refractivity contribution in [3.8, 4) is 34.1 Å². The first kappa shape index (κ1) is 44.8. The Bertz CT molecular complexity index is 3020. The molecule has 0 saturated carbocycles. The molecule has 0 saturated heterocycles. The van der Waals surface area contributed by atoms with Gasteiger partial charge in [0, 0.05) is 45.4 Å². The zero-order valence-corrected chi connectivity index (χ0v) is 34.3. The highest BCUT2D eigenvalue weighted by Crippen LogP contribution is 2.41. The van der Waals surface area contributed by atoms with Crippen LogP contribution in [-0.2, 0) is 12.4 Å². The minimum Gasteiger partial charge on any atom is -0.457 e. The van der Waals surface area contributed by atoms with E-state index >= 15 is 0 Å². The van der Waals surface area contributed by atoms with Crippen molar-refractivity contribution in [1.29, 1.82) is 0 Å². The molecule has 16 heteroatoms. The summed E-state index contributed by atoms with van der Waals surface area (Å²) < 4.78 is 91.5. The predicted molar refractivity (Wildman–Crippen MR) is 233 cm³/mol. The molecule has 8 aromatic rings. The number of aromatic nitrogens is 2. The van der Waals surface area contributed by atoms with Gasteiger partial charge in [0.05, 0.1) is 47.8 Å². The summed E-state index contributed by atoms with van der Waals surface area (Å²) in [6.45, 7) is -0.919. The predicted octanol–water partition coefficient (Wildman–Crippen LogP) is 11.0. The lowest BCUT2D eigenvalue weighted by molar-refractivity contribution is -0.138. The number of carbonyl (C=O) groups excluding carboxylic acids is 2. The molecule has 4 N–H and O–H groups in total. The Morgan fingerprint density at radius 2 is 1.12 bits per heavy atom. The van der Waals surface area contributed by atoms with Gasteiger partial charge in [0.1, 0.15) is 23.0 Å². The minimum absolute atomic E-state index is 0.101. The number of fused-ring (bicyclic) bond motifs is 2. The monoisotopic (exact) mass is 902 g/mol. The largest absolute Gasteiger partial charge is 0.457 e. The molecule has 2 atom stereocenters. The molecule has 0 radical (unpaired) electrons. The van der Waals surface area contributed by atoms with E-state index in [2.05, 4.69) is 20.6 Å². The van der Waals surface area contributed by atoms with E-state index < -0.39 is 60.6 Å². The summed E-state index contributed by atoms with van der Waals surface area (Å²) in [6, 6.07) is 33.3. The average Bonchev–Trinajstić information content (AvgIpc) is 3.32. The van der Waals surface area contributed by atoms with Crippen LogP contribution in [0.25, 0.3) is 32.7 Å². The van der Waals surface area contributed by atoms with Gasteiger partial charge in [-0.05, 0) is 126 Å². The first-order valence-electron chi connectivity index (χ1n) is 20.2. The maximum absolute atomic E-state index is 13.5. The third kappa shape index (κ3) is 9.94. The topological polar surface area (TPSA) is 143 Å². The molecule has 334 valence electrons. The normalized spacial score (nSPS) is 12.7. The molecule has 0 aliphatic heterocycles. The molecule has 0 spiro atoms. The maximum atomic E-state index is 13.5. The summed E-state index contributed by atoms with van der Waals surface area (Å²) >= 11 is 0. The number of ether oxygens (including phenoxy) is 2. The average molecular weight is 903 g/mol. The highest BCUT2D eigenvalue weighted by molar-refractivity contribution is 6.02. The van der Waals surface area contributed by atoms with Crippen molar-refractivity contribution in [1.82, 2.24) is 20.6 Å². The standard InChI is InChI=1S/C50H36F6N4O6/c51-49(52,53)34-11-15-36(16-12-34)65-45-6-3-4-29-24-31(8-19-38(29)45)47(63)60-44(28-62)42-22-10-33(26-58-42)40-20-7-30-25-32(48(64)59-43(27-61)41-5-1-2-23-57-41)9-21-39(30)46(40)66-37-17-13-35(14-18-37)50(54,55)56/h1-26,43-44,61-62H,27-28H2,(H,59,64)(H,60,63)/t43-,44+/m0/s1. The Labute approximate surface area is 372 Å². The number of aliphatic hydroxyl groups is 2. The molecule has 2 heterocycles. The number of nitrogens with zero attached hydrogens (tertiary/aromatic N) is 2. The van der Waals surface area contributed by atoms with Gasteiger partial charge in [-0.15, -0.1) is 0 Å². The van der Waals surface area contributed by atoms with Crippen molar-refractivity contribution in [2.24, 2.45) is 0 Å². The lowest BCUT2D eigenvalue weighted by Crippen LogP contribution is -2.31. The van der Waals surface area contributed by atoms with Crippen LogP contribution in [0, 0.1) is 0 Å². The van der Waals surface area contributed by atoms with Crippen LogP contribution in [0.2, 0.25) is 0 Å². The van der Waals surface area contributed by atoms with Crippen LogP contribution >= 0.6 is 0 Å². The quantitative estimate of drug-likeness (QED) is 0.0838. The van der Waals surface area contributed by atoms with Crippen LogP contribution in [0.1, 0.15) is 55.3 Å². The van der Waals surface area contributed by atoms with Crippen LogP contribution < -0.4 is 20.1 Å². The summed E-state index contributed by atoms with van der Waals surface area (Å²) in [5.41, 5.74) is 0.592. The number of carbonyl (C=O) groups is 2. The molecule has 2 aromatic heterocycles. The van der Waals surface area contributed by atoms with E-state index in [1.165, 1.54) is 30.5 Å². The Morgan fingerprint density at radius 1 is 0.561 bits per heavy atom. The van der Waals surface area contributed by atoms with Crippen LogP contribution in [0.4, 0.5) is 26.3 Å².